The lowest BCUT2D eigenvalue weighted by molar-refractivity contribution is -0.141. The maximum Gasteiger partial charge on any atom is 0.331 e. The first-order chi connectivity index (χ1) is 7.72. The molecule has 0 bridgehead atoms. The zero-order valence-corrected chi connectivity index (χ0v) is 10.3. The largest absolute Gasteiger partial charge is 0.467 e. The van der Waals surface area contributed by atoms with Crippen LogP contribution in [0.5, 0.6) is 0 Å². The molecule has 0 radical (unpaired) electrons. The van der Waals surface area contributed by atoms with Gasteiger partial charge in [-0.3, -0.25) is 5.01 Å². The van der Waals surface area contributed by atoms with Crippen LogP contribution in [0.15, 0.2) is 35.4 Å². The zero-order chi connectivity index (χ0) is 11.5. The number of hydrogen-bond acceptors (Lipinski definition) is 4. The van der Waals surface area contributed by atoms with E-state index in [-0.39, 0.29) is 12.0 Å². The maximum absolute atomic E-state index is 11.6. The van der Waals surface area contributed by atoms with Gasteiger partial charge in [-0.1, -0.05) is 18.2 Å². The average molecular weight is 283 g/mol. The summed E-state index contributed by atoms with van der Waals surface area (Å²) in [5, 5.41) is 5.95. The van der Waals surface area contributed by atoms with Crippen LogP contribution in [0.1, 0.15) is 6.42 Å². The Hall–Kier alpha value is -1.36. The van der Waals surface area contributed by atoms with Crippen LogP contribution < -0.4 is 5.01 Å². The van der Waals surface area contributed by atoms with Gasteiger partial charge >= 0.3 is 5.97 Å². The highest BCUT2D eigenvalue weighted by Crippen LogP contribution is 2.26. The molecule has 0 amide bonds. The van der Waals surface area contributed by atoms with Gasteiger partial charge in [-0.15, -0.1) is 0 Å². The van der Waals surface area contributed by atoms with Crippen molar-refractivity contribution >= 4 is 32.2 Å². The molecule has 2 rings (SSSR count). The van der Waals surface area contributed by atoms with Crippen molar-refractivity contribution in [2.75, 3.05) is 12.1 Å². The lowest BCUT2D eigenvalue weighted by Gasteiger charge is -2.21. The topological polar surface area (TPSA) is 41.9 Å². The van der Waals surface area contributed by atoms with Crippen LogP contribution in [-0.4, -0.2) is 23.7 Å². The molecule has 0 fully saturated rings. The number of benzene rings is 1. The van der Waals surface area contributed by atoms with Crippen LogP contribution in [0.2, 0.25) is 0 Å². The molecule has 1 heterocycles. The van der Waals surface area contributed by atoms with Crippen molar-refractivity contribution in [2.24, 2.45) is 5.10 Å². The van der Waals surface area contributed by atoms with Gasteiger partial charge in [0.2, 0.25) is 0 Å². The SMILES string of the molecule is COC(=O)C1CC(Br)=NN1c1ccccc1. The molecule has 0 N–H and O–H groups in total. The summed E-state index contributed by atoms with van der Waals surface area (Å²) < 4.78 is 5.52. The fraction of sp³-hybridized carbons (Fsp3) is 0.273. The average Bonchev–Trinajstić information content (AvgIpc) is 2.71. The van der Waals surface area contributed by atoms with Gasteiger partial charge in [-0.25, -0.2) is 4.79 Å². The molecule has 0 aromatic heterocycles. The van der Waals surface area contributed by atoms with Crippen molar-refractivity contribution in [2.45, 2.75) is 12.5 Å². The quantitative estimate of drug-likeness (QED) is 0.781. The number of carbonyl (C=O) groups is 1. The van der Waals surface area contributed by atoms with E-state index in [1.807, 2.05) is 30.3 Å². The smallest absolute Gasteiger partial charge is 0.331 e. The molecule has 16 heavy (non-hydrogen) atoms. The lowest BCUT2D eigenvalue weighted by atomic mass is 10.2. The third kappa shape index (κ3) is 2.09. The molecule has 1 aliphatic rings. The molecule has 1 aromatic carbocycles. The Morgan fingerprint density at radius 3 is 2.81 bits per heavy atom. The Balaban J connectivity index is 2.28. The molecule has 1 aromatic rings. The molecule has 4 nitrogen and oxygen atoms in total. The number of hydrazone groups is 1. The molecule has 0 aliphatic carbocycles. The summed E-state index contributed by atoms with van der Waals surface area (Å²) in [5.74, 6) is -0.276. The third-order valence-electron chi connectivity index (χ3n) is 2.37. The number of ether oxygens (including phenoxy) is 1. The van der Waals surface area contributed by atoms with Gasteiger partial charge in [-0.05, 0) is 28.1 Å². The second-order valence-corrected chi connectivity index (χ2v) is 4.31. The number of anilines is 1. The number of hydrogen-bond donors (Lipinski definition) is 0. The minimum absolute atomic E-state index is 0.276. The Labute approximate surface area is 102 Å². The molecule has 0 saturated heterocycles. The molecular weight excluding hydrogens is 272 g/mol. The summed E-state index contributed by atoms with van der Waals surface area (Å²) >= 11 is 3.31. The standard InChI is InChI=1S/C11H11BrN2O2/c1-16-11(15)9-7-10(12)13-14(9)8-5-3-2-4-6-8/h2-6,9H,7H2,1H3. The van der Waals surface area contributed by atoms with Gasteiger partial charge < -0.3 is 4.74 Å². The first-order valence-corrected chi connectivity index (χ1v) is 5.67. The lowest BCUT2D eigenvalue weighted by Crippen LogP contribution is -2.35. The molecule has 5 heteroatoms. The number of carbonyl (C=O) groups excluding carboxylic acids is 1. The molecule has 84 valence electrons. The van der Waals surface area contributed by atoms with Crippen LogP contribution in [0.3, 0.4) is 0 Å². The van der Waals surface area contributed by atoms with Crippen LogP contribution in [0, 0.1) is 0 Å². The van der Waals surface area contributed by atoms with E-state index in [0.29, 0.717) is 6.42 Å². The summed E-state index contributed by atoms with van der Waals surface area (Å²) in [7, 11) is 1.39. The highest BCUT2D eigenvalue weighted by Gasteiger charge is 2.33. The second-order valence-electron chi connectivity index (χ2n) is 3.40. The molecule has 0 spiro atoms. The summed E-state index contributed by atoms with van der Waals surface area (Å²) in [6.45, 7) is 0. The summed E-state index contributed by atoms with van der Waals surface area (Å²) in [5.41, 5.74) is 0.882. The van der Waals surface area contributed by atoms with E-state index in [9.17, 15) is 4.79 Å². The summed E-state index contributed by atoms with van der Waals surface area (Å²) in [4.78, 5) is 11.6. The second kappa shape index (κ2) is 4.65. The predicted molar refractivity (Wildman–Crippen MR) is 65.7 cm³/mol. The van der Waals surface area contributed by atoms with Crippen molar-refractivity contribution in [3.8, 4) is 0 Å². The predicted octanol–water partition coefficient (Wildman–Crippen LogP) is 2.15. The van der Waals surface area contributed by atoms with Gasteiger partial charge in [0, 0.05) is 6.42 Å². The monoisotopic (exact) mass is 282 g/mol. The molecule has 1 unspecified atom stereocenters. The Bertz CT molecular complexity index is 419. The normalized spacial score (nSPS) is 19.5. The van der Waals surface area contributed by atoms with E-state index in [1.165, 1.54) is 7.11 Å². The Morgan fingerprint density at radius 1 is 1.50 bits per heavy atom. The van der Waals surface area contributed by atoms with E-state index >= 15 is 0 Å². The van der Waals surface area contributed by atoms with Gasteiger partial charge in [-0.2, -0.15) is 5.10 Å². The summed E-state index contributed by atoms with van der Waals surface area (Å²) in [6, 6.07) is 9.18. The van der Waals surface area contributed by atoms with Crippen molar-refractivity contribution in [1.82, 2.24) is 0 Å². The van der Waals surface area contributed by atoms with Crippen molar-refractivity contribution in [3.05, 3.63) is 30.3 Å². The van der Waals surface area contributed by atoms with Gasteiger partial charge in [0.05, 0.1) is 12.8 Å². The number of para-hydroxylation sites is 1. The van der Waals surface area contributed by atoms with E-state index in [0.717, 1.165) is 10.3 Å². The van der Waals surface area contributed by atoms with Gasteiger partial charge in [0.15, 0.2) is 6.04 Å². The fourth-order valence-corrected chi connectivity index (χ4v) is 2.09. The molecular formula is C11H11BrN2O2. The Kier molecular flexibility index (Phi) is 3.24. The zero-order valence-electron chi connectivity index (χ0n) is 8.76. The minimum Gasteiger partial charge on any atom is -0.467 e. The van der Waals surface area contributed by atoms with Crippen LogP contribution >= 0.6 is 15.9 Å². The van der Waals surface area contributed by atoms with E-state index in [2.05, 4.69) is 21.0 Å². The van der Waals surface area contributed by atoms with Crippen molar-refractivity contribution in [3.63, 3.8) is 0 Å². The molecule has 1 atom stereocenters. The number of halogens is 1. The third-order valence-corrected chi connectivity index (χ3v) is 2.85. The van der Waals surface area contributed by atoms with Crippen molar-refractivity contribution < 1.29 is 9.53 Å². The highest BCUT2D eigenvalue weighted by atomic mass is 79.9. The molecule has 0 saturated carbocycles. The first kappa shape index (κ1) is 11.1. The van der Waals surface area contributed by atoms with E-state index < -0.39 is 0 Å². The van der Waals surface area contributed by atoms with Gasteiger partial charge in [0.25, 0.3) is 0 Å². The van der Waals surface area contributed by atoms with Crippen LogP contribution in [0.4, 0.5) is 5.69 Å². The molecule has 1 aliphatic heterocycles. The number of nitrogens with zero attached hydrogens (tertiary/aromatic N) is 2. The Morgan fingerprint density at radius 2 is 2.19 bits per heavy atom. The van der Waals surface area contributed by atoms with Gasteiger partial charge in [0.1, 0.15) is 4.62 Å². The van der Waals surface area contributed by atoms with Crippen LogP contribution in [-0.2, 0) is 9.53 Å². The first-order valence-electron chi connectivity index (χ1n) is 4.87. The van der Waals surface area contributed by atoms with E-state index in [1.54, 1.807) is 5.01 Å². The maximum atomic E-state index is 11.6. The highest BCUT2D eigenvalue weighted by molar-refractivity contribution is 9.18. The summed E-state index contributed by atoms with van der Waals surface area (Å²) in [6.07, 6.45) is 0.543. The van der Waals surface area contributed by atoms with Crippen molar-refractivity contribution in [1.29, 1.82) is 0 Å². The fourth-order valence-electron chi connectivity index (χ4n) is 1.61. The van der Waals surface area contributed by atoms with E-state index in [4.69, 9.17) is 4.74 Å². The van der Waals surface area contributed by atoms with Crippen LogP contribution in [0.25, 0.3) is 0 Å². The minimum atomic E-state index is -0.373. The number of esters is 1. The number of rotatable bonds is 2. The number of methoxy groups -OCH3 is 1.